The Kier molecular flexibility index (Phi) is 7.08. The Morgan fingerprint density at radius 2 is 1.65 bits per heavy atom. The molecule has 0 saturated heterocycles. The summed E-state index contributed by atoms with van der Waals surface area (Å²) in [7, 11) is 0. The Hall–Kier alpha value is -2.96. The average Bonchev–Trinajstić information content (AvgIpc) is 2.59. The molecule has 0 atom stereocenters. The third kappa shape index (κ3) is 6.16. The number of unbranched alkanes of at least 4 members (excludes halogenated alkanes) is 2. The first-order valence-corrected chi connectivity index (χ1v) is 8.76. The molecule has 2 aromatic rings. The number of aromatic nitrogens is 2. The van der Waals surface area contributed by atoms with Crippen molar-refractivity contribution in [3.05, 3.63) is 41.7 Å². The van der Waals surface area contributed by atoms with Crippen molar-refractivity contribution in [1.29, 1.82) is 0 Å². The van der Waals surface area contributed by atoms with Crippen LogP contribution in [0.2, 0.25) is 0 Å². The van der Waals surface area contributed by atoms with Crippen molar-refractivity contribution >= 4 is 29.1 Å². The van der Waals surface area contributed by atoms with Gasteiger partial charge < -0.3 is 16.0 Å². The van der Waals surface area contributed by atoms with Crippen molar-refractivity contribution in [3.63, 3.8) is 0 Å². The van der Waals surface area contributed by atoms with Crippen molar-refractivity contribution in [2.24, 2.45) is 0 Å². The molecule has 1 aromatic carbocycles. The molecule has 7 heteroatoms. The number of benzene rings is 1. The Bertz CT molecular complexity index is 759. The quantitative estimate of drug-likeness (QED) is 0.629. The molecule has 7 nitrogen and oxygen atoms in total. The fourth-order valence-electron chi connectivity index (χ4n) is 2.37. The molecule has 0 aliphatic rings. The summed E-state index contributed by atoms with van der Waals surface area (Å²) in [6.45, 7) is 6.20. The number of hydrogen-bond acceptors (Lipinski definition) is 5. The van der Waals surface area contributed by atoms with Gasteiger partial charge in [0, 0.05) is 30.5 Å². The second kappa shape index (κ2) is 9.50. The molecule has 1 heterocycles. The number of anilines is 3. The van der Waals surface area contributed by atoms with Crippen LogP contribution in [-0.4, -0.2) is 28.3 Å². The van der Waals surface area contributed by atoms with Crippen molar-refractivity contribution in [3.8, 4) is 0 Å². The fourth-order valence-corrected chi connectivity index (χ4v) is 2.37. The summed E-state index contributed by atoms with van der Waals surface area (Å²) in [5, 5.41) is 8.64. The van der Waals surface area contributed by atoms with E-state index in [2.05, 4.69) is 32.8 Å². The van der Waals surface area contributed by atoms with Gasteiger partial charge in [-0.15, -0.1) is 0 Å². The Morgan fingerprint density at radius 1 is 1.00 bits per heavy atom. The highest BCUT2D eigenvalue weighted by Gasteiger charge is 2.11. The first-order chi connectivity index (χ1) is 12.5. The van der Waals surface area contributed by atoms with E-state index in [4.69, 9.17) is 0 Å². The lowest BCUT2D eigenvalue weighted by molar-refractivity contribution is -0.114. The third-order valence-electron chi connectivity index (χ3n) is 3.61. The molecule has 0 bridgehead atoms. The summed E-state index contributed by atoms with van der Waals surface area (Å²) in [6.07, 6.45) is 3.32. The molecule has 0 saturated carbocycles. The Morgan fingerprint density at radius 3 is 2.27 bits per heavy atom. The van der Waals surface area contributed by atoms with Crippen LogP contribution in [0.1, 0.15) is 49.3 Å². The van der Waals surface area contributed by atoms with Crippen LogP contribution in [0.5, 0.6) is 0 Å². The van der Waals surface area contributed by atoms with Crippen molar-refractivity contribution in [1.82, 2.24) is 9.97 Å². The molecule has 138 valence electrons. The van der Waals surface area contributed by atoms with Gasteiger partial charge in [-0.1, -0.05) is 19.8 Å². The maximum absolute atomic E-state index is 12.5. The molecule has 26 heavy (non-hydrogen) atoms. The van der Waals surface area contributed by atoms with Crippen LogP contribution >= 0.6 is 0 Å². The van der Waals surface area contributed by atoms with Gasteiger partial charge in [0.25, 0.3) is 5.91 Å². The number of carbonyl (C=O) groups is 2. The van der Waals surface area contributed by atoms with Crippen molar-refractivity contribution < 1.29 is 9.59 Å². The highest BCUT2D eigenvalue weighted by atomic mass is 16.2. The number of nitrogens with zero attached hydrogens (tertiary/aromatic N) is 2. The molecule has 0 aliphatic carbocycles. The smallest absolute Gasteiger partial charge is 0.274 e. The number of hydrogen-bond donors (Lipinski definition) is 3. The number of carbonyl (C=O) groups excluding carboxylic acids is 2. The van der Waals surface area contributed by atoms with Gasteiger partial charge >= 0.3 is 0 Å². The normalized spacial score (nSPS) is 10.3. The largest absolute Gasteiger partial charge is 0.354 e. The number of aryl methyl sites for hydroxylation is 1. The van der Waals surface area contributed by atoms with Crippen LogP contribution in [-0.2, 0) is 4.79 Å². The molecule has 2 amide bonds. The molecule has 0 aliphatic heterocycles. The summed E-state index contributed by atoms with van der Waals surface area (Å²) in [5.74, 6) is 0.0175. The van der Waals surface area contributed by atoms with E-state index in [0.717, 1.165) is 31.5 Å². The van der Waals surface area contributed by atoms with Gasteiger partial charge in [0.15, 0.2) is 0 Å². The van der Waals surface area contributed by atoms with E-state index in [0.29, 0.717) is 23.0 Å². The van der Waals surface area contributed by atoms with Crippen molar-refractivity contribution in [2.45, 2.75) is 40.0 Å². The summed E-state index contributed by atoms with van der Waals surface area (Å²) in [4.78, 5) is 32.1. The highest BCUT2D eigenvalue weighted by Crippen LogP contribution is 2.15. The van der Waals surface area contributed by atoms with E-state index in [-0.39, 0.29) is 11.8 Å². The molecule has 1 aromatic heterocycles. The van der Waals surface area contributed by atoms with Crippen LogP contribution in [0, 0.1) is 6.92 Å². The highest BCUT2D eigenvalue weighted by molar-refractivity contribution is 6.03. The van der Waals surface area contributed by atoms with Gasteiger partial charge in [-0.05, 0) is 43.7 Å². The zero-order valence-electron chi connectivity index (χ0n) is 15.4. The molecule has 2 rings (SSSR count). The first-order valence-electron chi connectivity index (χ1n) is 8.76. The Balaban J connectivity index is 2.02. The summed E-state index contributed by atoms with van der Waals surface area (Å²) >= 11 is 0. The zero-order valence-corrected chi connectivity index (χ0v) is 15.4. The molecule has 0 spiro atoms. The zero-order chi connectivity index (χ0) is 18.9. The second-order valence-electron chi connectivity index (χ2n) is 6.06. The van der Waals surface area contributed by atoms with Crippen LogP contribution in [0.25, 0.3) is 0 Å². The minimum atomic E-state index is -0.306. The van der Waals surface area contributed by atoms with Gasteiger partial charge in [-0.2, -0.15) is 0 Å². The van der Waals surface area contributed by atoms with Gasteiger partial charge in [0.05, 0.1) is 0 Å². The SMILES string of the molecule is CCCCCNc1nc(C)cc(C(=O)Nc2ccc(NC(C)=O)cc2)n1. The van der Waals surface area contributed by atoms with Crippen LogP contribution in [0.15, 0.2) is 30.3 Å². The fraction of sp³-hybridized carbons (Fsp3) is 0.368. The molecular weight excluding hydrogens is 330 g/mol. The average molecular weight is 355 g/mol. The standard InChI is InChI=1S/C19H25N5O2/c1-4-5-6-11-20-19-21-13(2)12-17(24-19)18(26)23-16-9-7-15(8-10-16)22-14(3)25/h7-10,12H,4-6,11H2,1-3H3,(H,22,25)(H,23,26)(H,20,21,24). The number of rotatable bonds is 8. The third-order valence-corrected chi connectivity index (χ3v) is 3.61. The monoisotopic (exact) mass is 355 g/mol. The van der Waals surface area contributed by atoms with E-state index < -0.39 is 0 Å². The van der Waals surface area contributed by atoms with Gasteiger partial charge in [0.1, 0.15) is 5.69 Å². The van der Waals surface area contributed by atoms with Gasteiger partial charge in [-0.25, -0.2) is 9.97 Å². The summed E-state index contributed by atoms with van der Waals surface area (Å²) in [5.41, 5.74) is 2.33. The van der Waals surface area contributed by atoms with Gasteiger partial charge in [0.2, 0.25) is 11.9 Å². The maximum Gasteiger partial charge on any atom is 0.274 e. The van der Waals surface area contributed by atoms with Crippen LogP contribution < -0.4 is 16.0 Å². The number of nitrogens with one attached hydrogen (secondary N) is 3. The summed E-state index contributed by atoms with van der Waals surface area (Å²) < 4.78 is 0. The summed E-state index contributed by atoms with van der Waals surface area (Å²) in [6, 6.07) is 8.55. The molecular formula is C19H25N5O2. The minimum absolute atomic E-state index is 0.141. The molecule has 0 radical (unpaired) electrons. The van der Waals surface area contributed by atoms with E-state index in [1.54, 1.807) is 30.3 Å². The van der Waals surface area contributed by atoms with E-state index in [1.807, 2.05) is 6.92 Å². The predicted octanol–water partition coefficient (Wildman–Crippen LogP) is 3.60. The maximum atomic E-state index is 12.5. The lowest BCUT2D eigenvalue weighted by Gasteiger charge is -2.09. The topological polar surface area (TPSA) is 96.0 Å². The predicted molar refractivity (Wildman–Crippen MR) is 103 cm³/mol. The Labute approximate surface area is 153 Å². The van der Waals surface area contributed by atoms with Crippen LogP contribution in [0.3, 0.4) is 0 Å². The lowest BCUT2D eigenvalue weighted by atomic mass is 10.2. The van der Waals surface area contributed by atoms with E-state index in [9.17, 15) is 9.59 Å². The van der Waals surface area contributed by atoms with E-state index >= 15 is 0 Å². The van der Waals surface area contributed by atoms with Crippen molar-refractivity contribution in [2.75, 3.05) is 22.5 Å². The minimum Gasteiger partial charge on any atom is -0.354 e. The second-order valence-corrected chi connectivity index (χ2v) is 6.06. The van der Waals surface area contributed by atoms with Gasteiger partial charge in [-0.3, -0.25) is 9.59 Å². The molecule has 0 fully saturated rings. The first kappa shape index (κ1) is 19.4. The lowest BCUT2D eigenvalue weighted by Crippen LogP contribution is -2.16. The van der Waals surface area contributed by atoms with Crippen LogP contribution in [0.4, 0.5) is 17.3 Å². The molecule has 0 unspecified atom stereocenters. The molecule has 3 N–H and O–H groups in total. The van der Waals surface area contributed by atoms with E-state index in [1.165, 1.54) is 6.92 Å². The number of amides is 2.